The Hall–Kier alpha value is -1.07. The van der Waals surface area contributed by atoms with Gasteiger partial charge in [0.25, 0.3) is 0 Å². The zero-order chi connectivity index (χ0) is 13.5. The van der Waals surface area contributed by atoms with Crippen LogP contribution in [0, 0.1) is 6.92 Å². The van der Waals surface area contributed by atoms with Crippen molar-refractivity contribution in [1.29, 1.82) is 0 Å². The van der Waals surface area contributed by atoms with Crippen LogP contribution < -0.4 is 10.6 Å². The number of hydrogen-bond donors (Lipinski definition) is 2. The monoisotopic (exact) mass is 332 g/mol. The lowest BCUT2D eigenvalue weighted by Crippen LogP contribution is -2.36. The van der Waals surface area contributed by atoms with Gasteiger partial charge in [-0.15, -0.1) is 11.6 Å². The lowest BCUT2D eigenvalue weighted by molar-refractivity contribution is -0.136. The van der Waals surface area contributed by atoms with Gasteiger partial charge in [0.05, 0.1) is 0 Å². The SMILES string of the molecule is Cc1cc(NC(=O)C(=O)NCCCCl)ccc1Br. The van der Waals surface area contributed by atoms with Crippen LogP contribution in [0.2, 0.25) is 0 Å². The summed E-state index contributed by atoms with van der Waals surface area (Å²) in [6.45, 7) is 2.30. The molecule has 0 aromatic heterocycles. The van der Waals surface area contributed by atoms with E-state index in [2.05, 4.69) is 26.6 Å². The maximum absolute atomic E-state index is 11.5. The number of nitrogens with one attached hydrogen (secondary N) is 2. The quantitative estimate of drug-likeness (QED) is 0.505. The Bertz CT molecular complexity index is 452. The van der Waals surface area contributed by atoms with E-state index in [0.717, 1.165) is 10.0 Å². The van der Waals surface area contributed by atoms with Crippen LogP contribution in [0.25, 0.3) is 0 Å². The molecular formula is C12H14BrClN2O2. The number of anilines is 1. The van der Waals surface area contributed by atoms with E-state index in [1.54, 1.807) is 12.1 Å². The summed E-state index contributed by atoms with van der Waals surface area (Å²) >= 11 is 8.83. The van der Waals surface area contributed by atoms with E-state index >= 15 is 0 Å². The molecule has 0 bridgehead atoms. The number of hydrogen-bond acceptors (Lipinski definition) is 2. The number of carbonyl (C=O) groups excluding carboxylic acids is 2. The predicted octanol–water partition coefficient (Wildman–Crippen LogP) is 2.44. The lowest BCUT2D eigenvalue weighted by atomic mass is 10.2. The van der Waals surface area contributed by atoms with Crippen LogP contribution in [0.5, 0.6) is 0 Å². The number of alkyl halides is 1. The van der Waals surface area contributed by atoms with Gasteiger partial charge < -0.3 is 10.6 Å². The van der Waals surface area contributed by atoms with Gasteiger partial charge in [0.1, 0.15) is 0 Å². The van der Waals surface area contributed by atoms with Gasteiger partial charge in [0, 0.05) is 22.6 Å². The largest absolute Gasteiger partial charge is 0.348 e. The number of halogens is 2. The maximum Gasteiger partial charge on any atom is 0.313 e. The minimum Gasteiger partial charge on any atom is -0.348 e. The second-order valence-electron chi connectivity index (χ2n) is 3.72. The molecule has 1 rings (SSSR count). The first kappa shape index (κ1) is 15.0. The highest BCUT2D eigenvalue weighted by molar-refractivity contribution is 9.10. The van der Waals surface area contributed by atoms with Crippen LogP contribution in [0.15, 0.2) is 22.7 Å². The van der Waals surface area contributed by atoms with Crippen molar-refractivity contribution in [2.75, 3.05) is 17.7 Å². The summed E-state index contributed by atoms with van der Waals surface area (Å²) in [6, 6.07) is 5.32. The van der Waals surface area contributed by atoms with Crippen LogP contribution in [-0.2, 0) is 9.59 Å². The highest BCUT2D eigenvalue weighted by Crippen LogP contribution is 2.19. The number of benzene rings is 1. The van der Waals surface area contributed by atoms with E-state index in [-0.39, 0.29) is 0 Å². The highest BCUT2D eigenvalue weighted by Gasteiger charge is 2.12. The molecular weight excluding hydrogens is 320 g/mol. The van der Waals surface area contributed by atoms with E-state index < -0.39 is 11.8 Å². The molecule has 18 heavy (non-hydrogen) atoms. The van der Waals surface area contributed by atoms with Crippen LogP contribution in [0.4, 0.5) is 5.69 Å². The van der Waals surface area contributed by atoms with Crippen molar-refractivity contribution in [3.05, 3.63) is 28.2 Å². The molecule has 0 aliphatic carbocycles. The molecule has 2 amide bonds. The standard InChI is InChI=1S/C12H14BrClN2O2/c1-8-7-9(3-4-10(8)13)16-12(18)11(17)15-6-2-5-14/h3-4,7H,2,5-6H2,1H3,(H,15,17)(H,16,18). The summed E-state index contributed by atoms with van der Waals surface area (Å²) in [5.74, 6) is -0.875. The topological polar surface area (TPSA) is 58.2 Å². The predicted molar refractivity (Wildman–Crippen MR) is 75.9 cm³/mol. The van der Waals surface area contributed by atoms with Gasteiger partial charge in [-0.25, -0.2) is 0 Å². The highest BCUT2D eigenvalue weighted by atomic mass is 79.9. The first-order chi connectivity index (χ1) is 8.54. The number of carbonyl (C=O) groups is 2. The molecule has 0 saturated carbocycles. The van der Waals surface area contributed by atoms with Crippen molar-refractivity contribution in [2.24, 2.45) is 0 Å². The van der Waals surface area contributed by atoms with Crippen molar-refractivity contribution in [3.63, 3.8) is 0 Å². The van der Waals surface area contributed by atoms with E-state index in [4.69, 9.17) is 11.6 Å². The number of rotatable bonds is 4. The third-order valence-corrected chi connectivity index (χ3v) is 3.38. The summed E-state index contributed by atoms with van der Waals surface area (Å²) in [4.78, 5) is 22.9. The molecule has 1 aromatic carbocycles. The fourth-order valence-electron chi connectivity index (χ4n) is 1.26. The molecule has 0 aliphatic rings. The first-order valence-corrected chi connectivity index (χ1v) is 6.78. The summed E-state index contributed by atoms with van der Waals surface area (Å²) in [6.07, 6.45) is 0.637. The van der Waals surface area contributed by atoms with Gasteiger partial charge in [-0.3, -0.25) is 9.59 Å². The van der Waals surface area contributed by atoms with Crippen LogP contribution in [0.1, 0.15) is 12.0 Å². The van der Waals surface area contributed by atoms with Crippen molar-refractivity contribution >= 4 is 45.0 Å². The molecule has 2 N–H and O–H groups in total. The normalized spacial score (nSPS) is 9.94. The van der Waals surface area contributed by atoms with Crippen molar-refractivity contribution in [1.82, 2.24) is 5.32 Å². The molecule has 0 aliphatic heterocycles. The Morgan fingerprint density at radius 3 is 2.67 bits per heavy atom. The average Bonchev–Trinajstić information content (AvgIpc) is 2.34. The van der Waals surface area contributed by atoms with Crippen molar-refractivity contribution in [3.8, 4) is 0 Å². The Balaban J connectivity index is 2.53. The van der Waals surface area contributed by atoms with Gasteiger partial charge in [-0.2, -0.15) is 0 Å². The van der Waals surface area contributed by atoms with Crippen LogP contribution in [-0.4, -0.2) is 24.2 Å². The van der Waals surface area contributed by atoms with Gasteiger partial charge in [-0.05, 0) is 37.1 Å². The summed E-state index contributed by atoms with van der Waals surface area (Å²) in [7, 11) is 0. The molecule has 0 fully saturated rings. The van der Waals surface area contributed by atoms with Gasteiger partial charge in [-0.1, -0.05) is 15.9 Å². The van der Waals surface area contributed by atoms with Gasteiger partial charge in [0.2, 0.25) is 0 Å². The van der Waals surface area contributed by atoms with E-state index in [0.29, 0.717) is 24.5 Å². The average molecular weight is 334 g/mol. The Morgan fingerprint density at radius 2 is 2.06 bits per heavy atom. The molecule has 0 spiro atoms. The number of amides is 2. The fraction of sp³-hybridized carbons (Fsp3) is 0.333. The third-order valence-electron chi connectivity index (χ3n) is 2.22. The minimum absolute atomic E-state index is 0.398. The van der Waals surface area contributed by atoms with Gasteiger partial charge in [0.15, 0.2) is 0 Å². The molecule has 6 heteroatoms. The maximum atomic E-state index is 11.5. The second-order valence-corrected chi connectivity index (χ2v) is 4.95. The molecule has 0 unspecified atom stereocenters. The summed E-state index contributed by atoms with van der Waals surface area (Å²) in [5, 5.41) is 5.02. The molecule has 98 valence electrons. The Morgan fingerprint density at radius 1 is 1.33 bits per heavy atom. The minimum atomic E-state index is -0.675. The van der Waals surface area contributed by atoms with E-state index in [9.17, 15) is 9.59 Å². The molecule has 0 heterocycles. The molecule has 0 saturated heterocycles. The third kappa shape index (κ3) is 4.66. The smallest absolute Gasteiger partial charge is 0.313 e. The second kappa shape index (κ2) is 7.38. The van der Waals surface area contributed by atoms with Crippen molar-refractivity contribution in [2.45, 2.75) is 13.3 Å². The lowest BCUT2D eigenvalue weighted by Gasteiger charge is -2.07. The molecule has 1 aromatic rings. The summed E-state index contributed by atoms with van der Waals surface area (Å²) < 4.78 is 0.951. The van der Waals surface area contributed by atoms with E-state index in [1.165, 1.54) is 0 Å². The molecule has 0 radical (unpaired) electrons. The van der Waals surface area contributed by atoms with E-state index in [1.807, 2.05) is 13.0 Å². The Kier molecular flexibility index (Phi) is 6.15. The fourth-order valence-corrected chi connectivity index (χ4v) is 1.64. The zero-order valence-corrected chi connectivity index (χ0v) is 12.3. The van der Waals surface area contributed by atoms with Gasteiger partial charge >= 0.3 is 11.8 Å². The first-order valence-electron chi connectivity index (χ1n) is 5.46. The summed E-state index contributed by atoms with van der Waals surface area (Å²) in [5.41, 5.74) is 1.57. The van der Waals surface area contributed by atoms with Crippen LogP contribution >= 0.6 is 27.5 Å². The van der Waals surface area contributed by atoms with Crippen LogP contribution in [0.3, 0.4) is 0 Å². The zero-order valence-electron chi connectivity index (χ0n) is 9.93. The van der Waals surface area contributed by atoms with Crippen molar-refractivity contribution < 1.29 is 9.59 Å². The molecule has 0 atom stereocenters. The number of aryl methyl sites for hydroxylation is 1. The molecule has 4 nitrogen and oxygen atoms in total. The Labute approximate surface area is 119 Å².